The molecule has 29 heavy (non-hydrogen) atoms. The molecule has 3 rings (SSSR count). The predicted molar refractivity (Wildman–Crippen MR) is 119 cm³/mol. The number of amides is 1. The van der Waals surface area contributed by atoms with Gasteiger partial charge >= 0.3 is 0 Å². The highest BCUT2D eigenvalue weighted by Crippen LogP contribution is 2.25. The van der Waals surface area contributed by atoms with Crippen LogP contribution in [0.2, 0.25) is 0 Å². The number of carbonyl (C=O) groups excluding carboxylic acids is 1. The molecule has 6 nitrogen and oxygen atoms in total. The Morgan fingerprint density at radius 2 is 1.97 bits per heavy atom. The minimum Gasteiger partial charge on any atom is -0.305 e. The Morgan fingerprint density at radius 3 is 2.62 bits per heavy atom. The first kappa shape index (κ1) is 20.4. The number of pyridine rings is 1. The zero-order chi connectivity index (χ0) is 20.8. The Morgan fingerprint density at radius 1 is 1.14 bits per heavy atom. The Bertz CT molecular complexity index is 1080. The van der Waals surface area contributed by atoms with Crippen molar-refractivity contribution in [1.82, 2.24) is 15.0 Å². The summed E-state index contributed by atoms with van der Waals surface area (Å²) in [5, 5.41) is 5.41. The fourth-order valence-electron chi connectivity index (χ4n) is 2.80. The molecule has 3 aromatic rings. The van der Waals surface area contributed by atoms with Crippen LogP contribution in [0.15, 0.2) is 66.0 Å². The van der Waals surface area contributed by atoms with Crippen molar-refractivity contribution in [3.63, 3.8) is 0 Å². The first-order valence-electron chi connectivity index (χ1n) is 8.93. The third-order valence-corrected chi connectivity index (χ3v) is 5.13. The second-order valence-corrected chi connectivity index (χ2v) is 7.23. The van der Waals surface area contributed by atoms with E-state index in [1.165, 1.54) is 11.8 Å². The minimum atomic E-state index is -0.240. The Kier molecular flexibility index (Phi) is 6.51. The van der Waals surface area contributed by atoms with Gasteiger partial charge in [-0.2, -0.15) is 0 Å². The monoisotopic (exact) mass is 403 g/mol. The van der Waals surface area contributed by atoms with Crippen LogP contribution in [0.25, 0.3) is 11.3 Å². The van der Waals surface area contributed by atoms with Crippen LogP contribution in [0.3, 0.4) is 0 Å². The summed E-state index contributed by atoms with van der Waals surface area (Å²) < 4.78 is 0. The molecular formula is C22H21N5OS. The molecular weight excluding hydrogens is 382 g/mol. The maximum atomic E-state index is 12.4. The number of rotatable bonds is 5. The van der Waals surface area contributed by atoms with E-state index in [-0.39, 0.29) is 5.91 Å². The van der Waals surface area contributed by atoms with E-state index in [1.807, 2.05) is 32.0 Å². The zero-order valence-corrected chi connectivity index (χ0v) is 17.3. The molecule has 0 atom stereocenters. The van der Waals surface area contributed by atoms with Crippen LogP contribution in [0.5, 0.6) is 0 Å². The molecule has 1 aromatic carbocycles. The lowest BCUT2D eigenvalue weighted by molar-refractivity contribution is 0.102. The van der Waals surface area contributed by atoms with Gasteiger partial charge in [-0.3, -0.25) is 19.8 Å². The van der Waals surface area contributed by atoms with Gasteiger partial charge < -0.3 is 5.32 Å². The van der Waals surface area contributed by atoms with Crippen molar-refractivity contribution in [2.24, 2.45) is 4.99 Å². The number of anilines is 1. The first-order valence-corrected chi connectivity index (χ1v) is 9.81. The molecule has 2 aromatic heterocycles. The SMILES string of the molecule is C=CS/C(=N\C)c1ccc(C)c(-c2cnc(NC(=O)c3ccncc3C)cn2)c1. The predicted octanol–water partition coefficient (Wildman–Crippen LogP) is 4.66. The van der Waals surface area contributed by atoms with Gasteiger partial charge in [-0.05, 0) is 42.5 Å². The number of hydrogen-bond acceptors (Lipinski definition) is 6. The van der Waals surface area contributed by atoms with Crippen LogP contribution in [0.1, 0.15) is 27.0 Å². The number of carbonyl (C=O) groups is 1. The van der Waals surface area contributed by atoms with Crippen molar-refractivity contribution >= 4 is 28.5 Å². The summed E-state index contributed by atoms with van der Waals surface area (Å²) in [4.78, 5) is 29.6. The molecule has 0 spiro atoms. The summed E-state index contributed by atoms with van der Waals surface area (Å²) in [7, 11) is 1.76. The van der Waals surface area contributed by atoms with E-state index in [9.17, 15) is 4.79 Å². The summed E-state index contributed by atoms with van der Waals surface area (Å²) in [6, 6.07) is 7.77. The fourth-order valence-corrected chi connectivity index (χ4v) is 3.33. The molecule has 0 saturated heterocycles. The quantitative estimate of drug-likeness (QED) is 0.495. The second-order valence-electron chi connectivity index (χ2n) is 6.27. The van der Waals surface area contributed by atoms with Crippen molar-refractivity contribution in [1.29, 1.82) is 0 Å². The van der Waals surface area contributed by atoms with Gasteiger partial charge in [0, 0.05) is 36.1 Å². The highest BCUT2D eigenvalue weighted by Gasteiger charge is 2.12. The molecule has 0 fully saturated rings. The molecule has 0 aliphatic carbocycles. The van der Waals surface area contributed by atoms with Crippen molar-refractivity contribution in [3.05, 3.63) is 83.3 Å². The molecule has 0 aliphatic rings. The van der Waals surface area contributed by atoms with Crippen LogP contribution in [-0.4, -0.2) is 33.0 Å². The molecule has 1 N–H and O–H groups in total. The topological polar surface area (TPSA) is 80.1 Å². The standard InChI is InChI=1S/C22H21N5OS/c1-5-29-22(23-4)16-7-6-14(2)18(10-16)19-12-26-20(13-25-19)27-21(28)17-8-9-24-11-15(17)3/h5-13H,1H2,2-4H3,(H,26,27,28)/b23-22-. The molecule has 0 radical (unpaired) electrons. The number of thioether (sulfide) groups is 1. The van der Waals surface area contributed by atoms with E-state index < -0.39 is 0 Å². The molecule has 146 valence electrons. The molecule has 0 saturated carbocycles. The van der Waals surface area contributed by atoms with Gasteiger partial charge in [-0.1, -0.05) is 30.5 Å². The lowest BCUT2D eigenvalue weighted by Gasteiger charge is -2.10. The molecule has 1 amide bonds. The molecule has 0 bridgehead atoms. The summed E-state index contributed by atoms with van der Waals surface area (Å²) in [5.41, 5.74) is 5.11. The Labute approximate surface area is 174 Å². The number of aromatic nitrogens is 3. The minimum absolute atomic E-state index is 0.240. The average Bonchev–Trinajstić information content (AvgIpc) is 2.73. The highest BCUT2D eigenvalue weighted by molar-refractivity contribution is 8.16. The summed E-state index contributed by atoms with van der Waals surface area (Å²) in [5.74, 6) is 0.150. The van der Waals surface area contributed by atoms with Crippen molar-refractivity contribution in [3.8, 4) is 11.3 Å². The van der Waals surface area contributed by atoms with Crippen molar-refractivity contribution in [2.75, 3.05) is 12.4 Å². The maximum absolute atomic E-state index is 12.4. The summed E-state index contributed by atoms with van der Waals surface area (Å²) in [6.07, 6.45) is 6.46. The number of nitrogens with one attached hydrogen (secondary N) is 1. The van der Waals surface area contributed by atoms with Crippen molar-refractivity contribution < 1.29 is 4.79 Å². The molecule has 0 aliphatic heterocycles. The number of benzene rings is 1. The fraction of sp³-hybridized carbons (Fsp3) is 0.136. The molecule has 2 heterocycles. The van der Waals surface area contributed by atoms with Gasteiger partial charge in [0.15, 0.2) is 5.82 Å². The number of aryl methyl sites for hydroxylation is 2. The van der Waals surface area contributed by atoms with Gasteiger partial charge in [0.2, 0.25) is 0 Å². The average molecular weight is 404 g/mol. The third-order valence-electron chi connectivity index (χ3n) is 4.32. The van der Waals surface area contributed by atoms with Gasteiger partial charge in [0.25, 0.3) is 5.91 Å². The van der Waals surface area contributed by atoms with Gasteiger partial charge in [0.1, 0.15) is 5.04 Å². The lowest BCUT2D eigenvalue weighted by atomic mass is 10.0. The smallest absolute Gasteiger partial charge is 0.257 e. The van der Waals surface area contributed by atoms with E-state index in [2.05, 4.69) is 31.8 Å². The lowest BCUT2D eigenvalue weighted by Crippen LogP contribution is -2.14. The Hall–Kier alpha value is -3.32. The largest absolute Gasteiger partial charge is 0.305 e. The second kappa shape index (κ2) is 9.25. The normalized spacial score (nSPS) is 11.2. The van der Waals surface area contributed by atoms with E-state index in [0.29, 0.717) is 11.4 Å². The van der Waals surface area contributed by atoms with Gasteiger partial charge in [0.05, 0.1) is 18.1 Å². The zero-order valence-electron chi connectivity index (χ0n) is 16.5. The molecule has 0 unspecified atom stereocenters. The van der Waals surface area contributed by atoms with Crippen LogP contribution in [-0.2, 0) is 0 Å². The first-order chi connectivity index (χ1) is 14.0. The number of nitrogens with zero attached hydrogens (tertiary/aromatic N) is 4. The highest BCUT2D eigenvalue weighted by atomic mass is 32.2. The molecule has 7 heteroatoms. The Balaban J connectivity index is 1.84. The van der Waals surface area contributed by atoms with Gasteiger partial charge in [-0.15, -0.1) is 0 Å². The maximum Gasteiger partial charge on any atom is 0.257 e. The van der Waals surface area contributed by atoms with E-state index in [0.717, 1.165) is 33.0 Å². The van der Waals surface area contributed by atoms with Gasteiger partial charge in [-0.25, -0.2) is 4.98 Å². The van der Waals surface area contributed by atoms with Crippen LogP contribution in [0.4, 0.5) is 5.82 Å². The van der Waals surface area contributed by atoms with E-state index in [4.69, 9.17) is 0 Å². The van der Waals surface area contributed by atoms with E-state index >= 15 is 0 Å². The van der Waals surface area contributed by atoms with Crippen LogP contribution in [0, 0.1) is 13.8 Å². The summed E-state index contributed by atoms with van der Waals surface area (Å²) >= 11 is 1.47. The van der Waals surface area contributed by atoms with Crippen LogP contribution < -0.4 is 5.32 Å². The summed E-state index contributed by atoms with van der Waals surface area (Å²) in [6.45, 7) is 7.61. The van der Waals surface area contributed by atoms with Crippen molar-refractivity contribution in [2.45, 2.75) is 13.8 Å². The number of hydrogen-bond donors (Lipinski definition) is 1. The van der Waals surface area contributed by atoms with E-state index in [1.54, 1.807) is 43.3 Å². The third kappa shape index (κ3) is 4.75. The number of aliphatic imine (C=N–C) groups is 1. The van der Waals surface area contributed by atoms with Crippen LogP contribution >= 0.6 is 11.8 Å².